The van der Waals surface area contributed by atoms with Gasteiger partial charge in [-0.05, 0) is 30.0 Å². The van der Waals surface area contributed by atoms with Crippen molar-refractivity contribution in [1.29, 1.82) is 0 Å². The summed E-state index contributed by atoms with van der Waals surface area (Å²) in [5.41, 5.74) is 2.74. The quantitative estimate of drug-likeness (QED) is 0.630. The van der Waals surface area contributed by atoms with Crippen molar-refractivity contribution in [1.82, 2.24) is 0 Å². The van der Waals surface area contributed by atoms with E-state index in [1.165, 1.54) is 11.6 Å². The molecule has 0 saturated heterocycles. The first-order valence-corrected chi connectivity index (χ1v) is 9.55. The van der Waals surface area contributed by atoms with E-state index in [0.29, 0.717) is 18.8 Å². The van der Waals surface area contributed by atoms with Gasteiger partial charge < -0.3 is 4.90 Å². The van der Waals surface area contributed by atoms with Gasteiger partial charge in [0.1, 0.15) is 0 Å². The summed E-state index contributed by atoms with van der Waals surface area (Å²) in [5, 5.41) is 11.0. The summed E-state index contributed by atoms with van der Waals surface area (Å²) in [6.45, 7) is 1.30. The molecule has 24 heavy (non-hydrogen) atoms. The zero-order valence-electron chi connectivity index (χ0n) is 13.3. The molecule has 0 radical (unpaired) electrons. The first kappa shape index (κ1) is 16.4. The molecule has 0 aromatic heterocycles. The number of sulfone groups is 1. The zero-order valence-corrected chi connectivity index (χ0v) is 14.1. The van der Waals surface area contributed by atoms with Gasteiger partial charge in [0.05, 0.1) is 15.5 Å². The van der Waals surface area contributed by atoms with Crippen LogP contribution in [0.2, 0.25) is 0 Å². The Hall–Kier alpha value is -2.41. The lowest BCUT2D eigenvalue weighted by Gasteiger charge is -2.25. The maximum Gasteiger partial charge on any atom is 0.270 e. The van der Waals surface area contributed by atoms with Crippen molar-refractivity contribution in [2.45, 2.75) is 24.3 Å². The highest BCUT2D eigenvalue weighted by molar-refractivity contribution is 7.90. The van der Waals surface area contributed by atoms with E-state index >= 15 is 0 Å². The van der Waals surface area contributed by atoms with Gasteiger partial charge in [-0.25, -0.2) is 8.42 Å². The van der Waals surface area contributed by atoms with Crippen LogP contribution in [0, 0.1) is 10.1 Å². The SMILES string of the molecule is CS(=O)(=O)c1cc([N+](=O)[O-])ccc1N1CCCc2ccccc2C1. The smallest absolute Gasteiger partial charge is 0.270 e. The Morgan fingerprint density at radius 1 is 1.12 bits per heavy atom. The van der Waals surface area contributed by atoms with Gasteiger partial charge in [-0.3, -0.25) is 10.1 Å². The van der Waals surface area contributed by atoms with E-state index in [9.17, 15) is 18.5 Å². The van der Waals surface area contributed by atoms with Gasteiger partial charge in [0, 0.05) is 31.5 Å². The fourth-order valence-electron chi connectivity index (χ4n) is 3.08. The standard InChI is InChI=1S/C17H18N2O4S/c1-24(22,23)17-11-15(19(20)21)8-9-16(17)18-10-4-7-13-5-2-3-6-14(13)12-18/h2-3,5-6,8-9,11H,4,7,10,12H2,1H3. The molecule has 0 atom stereocenters. The molecule has 126 valence electrons. The first-order chi connectivity index (χ1) is 11.4. The van der Waals surface area contributed by atoms with Crippen LogP contribution in [0.25, 0.3) is 0 Å². The van der Waals surface area contributed by atoms with Gasteiger partial charge in [-0.1, -0.05) is 24.3 Å². The van der Waals surface area contributed by atoms with Crippen LogP contribution < -0.4 is 4.90 Å². The van der Waals surface area contributed by atoms with Crippen molar-refractivity contribution in [2.75, 3.05) is 17.7 Å². The molecule has 7 heteroatoms. The molecule has 0 fully saturated rings. The number of hydrogen-bond donors (Lipinski definition) is 0. The molecule has 0 spiro atoms. The maximum absolute atomic E-state index is 12.2. The van der Waals surface area contributed by atoms with E-state index in [4.69, 9.17) is 0 Å². The number of rotatable bonds is 3. The summed E-state index contributed by atoms with van der Waals surface area (Å²) in [6.07, 6.45) is 2.92. The predicted octanol–water partition coefficient (Wildman–Crippen LogP) is 2.95. The van der Waals surface area contributed by atoms with Crippen LogP contribution in [0.15, 0.2) is 47.4 Å². The summed E-state index contributed by atoms with van der Waals surface area (Å²) in [4.78, 5) is 12.4. The third-order valence-corrected chi connectivity index (χ3v) is 5.37. The van der Waals surface area contributed by atoms with Gasteiger partial charge in [0.15, 0.2) is 9.84 Å². The number of nitro groups is 1. The minimum atomic E-state index is -3.57. The second-order valence-corrected chi connectivity index (χ2v) is 7.96. The van der Waals surface area contributed by atoms with E-state index in [1.807, 2.05) is 23.1 Å². The van der Waals surface area contributed by atoms with Gasteiger partial charge in [-0.15, -0.1) is 0 Å². The second kappa shape index (κ2) is 6.24. The second-order valence-electron chi connectivity index (χ2n) is 5.98. The van der Waals surface area contributed by atoms with Gasteiger partial charge in [0.2, 0.25) is 0 Å². The molecule has 0 aliphatic carbocycles. The maximum atomic E-state index is 12.2. The number of hydrogen-bond acceptors (Lipinski definition) is 5. The Bertz CT molecular complexity index is 893. The lowest BCUT2D eigenvalue weighted by atomic mass is 10.0. The van der Waals surface area contributed by atoms with Crippen molar-refractivity contribution >= 4 is 21.2 Å². The molecule has 0 bridgehead atoms. The molecule has 0 unspecified atom stereocenters. The highest BCUT2D eigenvalue weighted by Crippen LogP contribution is 2.32. The molecule has 2 aromatic rings. The molecule has 1 aliphatic heterocycles. The summed E-state index contributed by atoms with van der Waals surface area (Å²) < 4.78 is 24.3. The van der Waals surface area contributed by atoms with E-state index in [2.05, 4.69) is 6.07 Å². The number of anilines is 1. The Balaban J connectivity index is 2.07. The van der Waals surface area contributed by atoms with Crippen LogP contribution in [-0.2, 0) is 22.8 Å². The molecule has 0 N–H and O–H groups in total. The fraction of sp³-hybridized carbons (Fsp3) is 0.294. The molecular weight excluding hydrogens is 328 g/mol. The Morgan fingerprint density at radius 2 is 1.83 bits per heavy atom. The van der Waals surface area contributed by atoms with Crippen molar-refractivity contribution in [3.63, 3.8) is 0 Å². The highest BCUT2D eigenvalue weighted by atomic mass is 32.2. The van der Waals surface area contributed by atoms with Gasteiger partial charge >= 0.3 is 0 Å². The molecule has 2 aromatic carbocycles. The summed E-state index contributed by atoms with van der Waals surface area (Å²) in [6, 6.07) is 12.2. The third kappa shape index (κ3) is 3.26. The topological polar surface area (TPSA) is 80.5 Å². The molecule has 1 heterocycles. The van der Waals surface area contributed by atoms with Crippen molar-refractivity contribution in [3.8, 4) is 0 Å². The van der Waals surface area contributed by atoms with Crippen LogP contribution >= 0.6 is 0 Å². The average Bonchev–Trinajstić information content (AvgIpc) is 2.75. The molecule has 1 aliphatic rings. The van der Waals surface area contributed by atoms with Crippen molar-refractivity contribution in [2.24, 2.45) is 0 Å². The van der Waals surface area contributed by atoms with Crippen LogP contribution in [0.3, 0.4) is 0 Å². The van der Waals surface area contributed by atoms with Crippen molar-refractivity contribution in [3.05, 3.63) is 63.7 Å². The molecule has 0 saturated carbocycles. The summed E-state index contributed by atoms with van der Waals surface area (Å²) >= 11 is 0. The number of nitro benzene ring substituents is 1. The summed E-state index contributed by atoms with van der Waals surface area (Å²) in [5.74, 6) is 0. The number of aryl methyl sites for hydroxylation is 1. The highest BCUT2D eigenvalue weighted by Gasteiger charge is 2.23. The number of nitrogens with zero attached hydrogens (tertiary/aromatic N) is 2. The summed E-state index contributed by atoms with van der Waals surface area (Å²) in [7, 11) is -3.57. The first-order valence-electron chi connectivity index (χ1n) is 7.66. The monoisotopic (exact) mass is 346 g/mol. The number of benzene rings is 2. The average molecular weight is 346 g/mol. The van der Waals surface area contributed by atoms with Crippen LogP contribution in [0.5, 0.6) is 0 Å². The van der Waals surface area contributed by atoms with E-state index in [-0.39, 0.29) is 10.6 Å². The number of fused-ring (bicyclic) bond motifs is 1. The van der Waals surface area contributed by atoms with Crippen molar-refractivity contribution < 1.29 is 13.3 Å². The molecular formula is C17H18N2O4S. The van der Waals surface area contributed by atoms with Gasteiger partial charge in [0.25, 0.3) is 5.69 Å². The third-order valence-electron chi connectivity index (χ3n) is 4.25. The predicted molar refractivity (Wildman–Crippen MR) is 92.0 cm³/mol. The zero-order chi connectivity index (χ0) is 17.3. The lowest BCUT2D eigenvalue weighted by molar-refractivity contribution is -0.385. The Kier molecular flexibility index (Phi) is 4.28. The van der Waals surface area contributed by atoms with E-state index < -0.39 is 14.8 Å². The van der Waals surface area contributed by atoms with Crippen LogP contribution in [-0.4, -0.2) is 26.1 Å². The Morgan fingerprint density at radius 3 is 2.50 bits per heavy atom. The van der Waals surface area contributed by atoms with Crippen LogP contribution in [0.1, 0.15) is 17.5 Å². The van der Waals surface area contributed by atoms with Crippen LogP contribution in [0.4, 0.5) is 11.4 Å². The lowest BCUT2D eigenvalue weighted by Crippen LogP contribution is -2.24. The molecule has 0 amide bonds. The minimum absolute atomic E-state index is 0.0103. The molecule has 6 nitrogen and oxygen atoms in total. The van der Waals surface area contributed by atoms with E-state index in [1.54, 1.807) is 6.07 Å². The number of non-ortho nitro benzene ring substituents is 1. The van der Waals surface area contributed by atoms with E-state index in [0.717, 1.165) is 30.7 Å². The normalized spacial score (nSPS) is 14.8. The van der Waals surface area contributed by atoms with Gasteiger partial charge in [-0.2, -0.15) is 0 Å². The fourth-order valence-corrected chi connectivity index (χ4v) is 3.99. The Labute approximate surface area is 140 Å². The molecule has 3 rings (SSSR count). The minimum Gasteiger partial charge on any atom is -0.366 e. The largest absolute Gasteiger partial charge is 0.366 e.